The second-order valence-electron chi connectivity index (χ2n) is 6.72. The van der Waals surface area contributed by atoms with E-state index in [0.29, 0.717) is 24.1 Å². The number of rotatable bonds is 8. The third-order valence-corrected chi connectivity index (χ3v) is 5.80. The number of halogens is 1. The van der Waals surface area contributed by atoms with Crippen LogP contribution < -0.4 is 9.47 Å². The summed E-state index contributed by atoms with van der Waals surface area (Å²) in [5.74, 6) is 2.35. The molecule has 4 rings (SSSR count). The standard InChI is InChI=1S/C23H23ClN4O2S/c1-4-15-13-17(20(30-6-3)14-19(15)29-5-2)9-12-21-27-28-22(25-26-23(28)31-21)16-7-10-18(24)11-8-16/h7-14H,4-6H2,1-3H3/b12-9+. The van der Waals surface area contributed by atoms with Crippen molar-refractivity contribution < 1.29 is 9.47 Å². The highest BCUT2D eigenvalue weighted by molar-refractivity contribution is 7.17. The zero-order valence-electron chi connectivity index (χ0n) is 17.6. The summed E-state index contributed by atoms with van der Waals surface area (Å²) in [5.41, 5.74) is 3.05. The van der Waals surface area contributed by atoms with E-state index in [2.05, 4.69) is 28.3 Å². The van der Waals surface area contributed by atoms with Gasteiger partial charge in [0.2, 0.25) is 4.96 Å². The fourth-order valence-corrected chi connectivity index (χ4v) is 4.11. The Morgan fingerprint density at radius 3 is 2.42 bits per heavy atom. The van der Waals surface area contributed by atoms with Gasteiger partial charge in [0.15, 0.2) is 5.82 Å². The summed E-state index contributed by atoms with van der Waals surface area (Å²) in [6, 6.07) is 11.6. The second-order valence-corrected chi connectivity index (χ2v) is 8.14. The van der Waals surface area contributed by atoms with Crippen LogP contribution in [0.15, 0.2) is 36.4 Å². The summed E-state index contributed by atoms with van der Waals surface area (Å²) in [6.45, 7) is 7.28. The summed E-state index contributed by atoms with van der Waals surface area (Å²) >= 11 is 7.47. The average Bonchev–Trinajstić information content (AvgIpc) is 3.35. The van der Waals surface area contributed by atoms with Crippen LogP contribution in [0.3, 0.4) is 0 Å². The largest absolute Gasteiger partial charge is 0.493 e. The topological polar surface area (TPSA) is 61.5 Å². The maximum Gasteiger partial charge on any atom is 0.235 e. The molecule has 0 aliphatic heterocycles. The van der Waals surface area contributed by atoms with Gasteiger partial charge in [-0.1, -0.05) is 29.9 Å². The molecule has 0 bridgehead atoms. The van der Waals surface area contributed by atoms with Crippen LogP contribution in [0.4, 0.5) is 0 Å². The van der Waals surface area contributed by atoms with Crippen LogP contribution in [0, 0.1) is 0 Å². The van der Waals surface area contributed by atoms with Crippen molar-refractivity contribution in [3.8, 4) is 22.9 Å². The molecule has 0 saturated carbocycles. The fraction of sp³-hybridized carbons (Fsp3) is 0.261. The lowest BCUT2D eigenvalue weighted by atomic mass is 10.1. The molecule has 0 amide bonds. The molecule has 0 spiro atoms. The summed E-state index contributed by atoms with van der Waals surface area (Å²) in [6.07, 6.45) is 4.87. The first-order chi connectivity index (χ1) is 15.1. The normalized spacial score (nSPS) is 11.5. The van der Waals surface area contributed by atoms with Crippen LogP contribution in [0.25, 0.3) is 28.5 Å². The molecule has 0 radical (unpaired) electrons. The van der Waals surface area contributed by atoms with E-state index in [4.69, 9.17) is 21.1 Å². The van der Waals surface area contributed by atoms with Crippen molar-refractivity contribution in [2.75, 3.05) is 13.2 Å². The number of hydrogen-bond acceptors (Lipinski definition) is 6. The van der Waals surface area contributed by atoms with Crippen LogP contribution in [0.5, 0.6) is 11.5 Å². The summed E-state index contributed by atoms with van der Waals surface area (Å²) in [7, 11) is 0. The first kappa shape index (κ1) is 21.3. The van der Waals surface area contributed by atoms with Gasteiger partial charge in [0.25, 0.3) is 0 Å². The van der Waals surface area contributed by atoms with Crippen molar-refractivity contribution in [1.29, 1.82) is 0 Å². The zero-order valence-corrected chi connectivity index (χ0v) is 19.2. The molecule has 31 heavy (non-hydrogen) atoms. The molecular weight excluding hydrogens is 432 g/mol. The van der Waals surface area contributed by atoms with Crippen LogP contribution >= 0.6 is 22.9 Å². The number of benzene rings is 2. The lowest BCUT2D eigenvalue weighted by Gasteiger charge is -2.14. The third kappa shape index (κ3) is 4.57. The summed E-state index contributed by atoms with van der Waals surface area (Å²) in [5, 5.41) is 14.7. The predicted octanol–water partition coefficient (Wildman–Crippen LogP) is 6.04. The van der Waals surface area contributed by atoms with Crippen molar-refractivity contribution in [3.63, 3.8) is 0 Å². The molecule has 0 aliphatic carbocycles. The molecule has 4 aromatic rings. The maximum atomic E-state index is 6.00. The number of ether oxygens (including phenoxy) is 2. The Hall–Kier alpha value is -2.90. The molecule has 2 aromatic heterocycles. The maximum absolute atomic E-state index is 6.00. The van der Waals surface area contributed by atoms with Crippen molar-refractivity contribution in [1.82, 2.24) is 19.8 Å². The van der Waals surface area contributed by atoms with Crippen molar-refractivity contribution in [2.24, 2.45) is 0 Å². The van der Waals surface area contributed by atoms with E-state index in [9.17, 15) is 0 Å². The van der Waals surface area contributed by atoms with E-state index >= 15 is 0 Å². The Morgan fingerprint density at radius 1 is 0.968 bits per heavy atom. The van der Waals surface area contributed by atoms with Crippen molar-refractivity contribution >= 4 is 40.1 Å². The zero-order chi connectivity index (χ0) is 21.8. The van der Waals surface area contributed by atoms with Gasteiger partial charge in [0, 0.05) is 22.2 Å². The molecule has 8 heteroatoms. The molecule has 0 unspecified atom stereocenters. The number of aryl methyl sites for hydroxylation is 1. The van der Waals surface area contributed by atoms with E-state index < -0.39 is 0 Å². The van der Waals surface area contributed by atoms with Crippen molar-refractivity contribution in [3.05, 3.63) is 57.6 Å². The van der Waals surface area contributed by atoms with Gasteiger partial charge in [0.1, 0.15) is 16.5 Å². The molecule has 0 aliphatic rings. The SMILES string of the molecule is CCOc1cc(OCC)c(CC)cc1/C=C/c1nn2c(-c3ccc(Cl)cc3)nnc2s1. The second kappa shape index (κ2) is 9.49. The van der Waals surface area contributed by atoms with Gasteiger partial charge in [0.05, 0.1) is 13.2 Å². The summed E-state index contributed by atoms with van der Waals surface area (Å²) in [4.78, 5) is 0.732. The number of nitrogens with zero attached hydrogens (tertiary/aromatic N) is 4. The van der Waals surface area contributed by atoms with Gasteiger partial charge >= 0.3 is 0 Å². The molecule has 6 nitrogen and oxygen atoms in total. The van der Waals surface area contributed by atoms with Crippen LogP contribution in [-0.4, -0.2) is 33.0 Å². The van der Waals surface area contributed by atoms with E-state index in [1.54, 1.807) is 4.52 Å². The predicted molar refractivity (Wildman–Crippen MR) is 126 cm³/mol. The molecule has 0 N–H and O–H groups in total. The van der Waals surface area contributed by atoms with Gasteiger partial charge < -0.3 is 9.47 Å². The number of hydrogen-bond donors (Lipinski definition) is 0. The highest BCUT2D eigenvalue weighted by Crippen LogP contribution is 2.32. The van der Waals surface area contributed by atoms with Gasteiger partial charge in [-0.3, -0.25) is 0 Å². The van der Waals surface area contributed by atoms with Gasteiger partial charge in [-0.05, 0) is 68.3 Å². The molecular formula is C23H23ClN4O2S. The lowest BCUT2D eigenvalue weighted by Crippen LogP contribution is -2.00. The molecule has 0 atom stereocenters. The van der Waals surface area contributed by atoms with Crippen molar-refractivity contribution in [2.45, 2.75) is 27.2 Å². The molecule has 0 fully saturated rings. The number of aromatic nitrogens is 4. The third-order valence-electron chi connectivity index (χ3n) is 4.69. The van der Waals surface area contributed by atoms with Crippen LogP contribution in [-0.2, 0) is 6.42 Å². The molecule has 160 valence electrons. The van der Waals surface area contributed by atoms with E-state index in [1.165, 1.54) is 11.3 Å². The smallest absolute Gasteiger partial charge is 0.235 e. The first-order valence-electron chi connectivity index (χ1n) is 10.2. The minimum Gasteiger partial charge on any atom is -0.493 e. The highest BCUT2D eigenvalue weighted by Gasteiger charge is 2.13. The fourth-order valence-electron chi connectivity index (χ4n) is 3.24. The highest BCUT2D eigenvalue weighted by atomic mass is 35.5. The van der Waals surface area contributed by atoms with E-state index in [0.717, 1.165) is 44.6 Å². The van der Waals surface area contributed by atoms with E-state index in [-0.39, 0.29) is 0 Å². The Morgan fingerprint density at radius 2 is 1.71 bits per heavy atom. The molecule has 2 aromatic carbocycles. The lowest BCUT2D eigenvalue weighted by molar-refractivity contribution is 0.320. The monoisotopic (exact) mass is 454 g/mol. The van der Waals surface area contributed by atoms with E-state index in [1.807, 2.05) is 56.3 Å². The number of fused-ring (bicyclic) bond motifs is 1. The minimum absolute atomic E-state index is 0.582. The summed E-state index contributed by atoms with van der Waals surface area (Å²) < 4.78 is 13.4. The first-order valence-corrected chi connectivity index (χ1v) is 11.4. The minimum atomic E-state index is 0.582. The Bertz CT molecular complexity index is 1210. The molecule has 0 saturated heterocycles. The van der Waals surface area contributed by atoms with Gasteiger partial charge in [-0.25, -0.2) is 0 Å². The van der Waals surface area contributed by atoms with Gasteiger partial charge in [-0.15, -0.1) is 10.2 Å². The molecule has 2 heterocycles. The van der Waals surface area contributed by atoms with Crippen LogP contribution in [0.2, 0.25) is 5.02 Å². The Labute approximate surface area is 190 Å². The average molecular weight is 455 g/mol. The Balaban J connectivity index is 1.67. The van der Waals surface area contributed by atoms with Crippen LogP contribution in [0.1, 0.15) is 36.9 Å². The van der Waals surface area contributed by atoms with Gasteiger partial charge in [-0.2, -0.15) is 9.61 Å². The quantitative estimate of drug-likeness (QED) is 0.325. The Kier molecular flexibility index (Phi) is 6.53.